The van der Waals surface area contributed by atoms with Crippen LogP contribution in [-0.2, 0) is 0 Å². The molecule has 2 aromatic heterocycles. The van der Waals surface area contributed by atoms with Gasteiger partial charge < -0.3 is 9.73 Å². The lowest BCUT2D eigenvalue weighted by atomic mass is 10.1. The topological polar surface area (TPSA) is 42.2 Å². The lowest BCUT2D eigenvalue weighted by Gasteiger charge is -2.17. The molecule has 100 valence electrons. The summed E-state index contributed by atoms with van der Waals surface area (Å²) in [5, 5.41) is 5.06. The Balaban J connectivity index is 1.89. The number of furan rings is 1. The van der Waals surface area contributed by atoms with E-state index >= 15 is 0 Å². The summed E-state index contributed by atoms with van der Waals surface area (Å²) in [6.07, 6.45) is 2.95. The molecule has 2 heterocycles. The maximum atomic E-state index is 12.2. The molecule has 1 aromatic carbocycles. The third kappa shape index (κ3) is 2.65. The first-order chi connectivity index (χ1) is 9.84. The van der Waals surface area contributed by atoms with Crippen molar-refractivity contribution in [2.24, 2.45) is 0 Å². The first-order valence-electron chi connectivity index (χ1n) is 6.26. The van der Waals surface area contributed by atoms with Crippen LogP contribution < -0.4 is 5.32 Å². The summed E-state index contributed by atoms with van der Waals surface area (Å²) in [7, 11) is 0. The van der Waals surface area contributed by atoms with Crippen molar-refractivity contribution in [2.75, 3.05) is 0 Å². The van der Waals surface area contributed by atoms with E-state index in [0.29, 0.717) is 5.56 Å². The monoisotopic (exact) mass is 283 g/mol. The normalized spacial score (nSPS) is 12.0. The highest BCUT2D eigenvalue weighted by atomic mass is 32.1. The lowest BCUT2D eigenvalue weighted by Crippen LogP contribution is -2.28. The van der Waals surface area contributed by atoms with Crippen LogP contribution in [0.3, 0.4) is 0 Å². The molecule has 1 atom stereocenters. The number of thiophene rings is 1. The molecule has 0 aliphatic heterocycles. The summed E-state index contributed by atoms with van der Waals surface area (Å²) < 4.78 is 4.96. The Morgan fingerprint density at radius 1 is 1.10 bits per heavy atom. The van der Waals surface area contributed by atoms with E-state index < -0.39 is 0 Å². The molecular formula is C16H13NO2S. The van der Waals surface area contributed by atoms with Crippen LogP contribution in [-0.4, -0.2) is 5.91 Å². The van der Waals surface area contributed by atoms with Gasteiger partial charge in [0.2, 0.25) is 0 Å². The van der Waals surface area contributed by atoms with Gasteiger partial charge in [0, 0.05) is 4.88 Å². The van der Waals surface area contributed by atoms with Crippen LogP contribution in [0.15, 0.2) is 70.9 Å². The van der Waals surface area contributed by atoms with E-state index in [2.05, 4.69) is 5.32 Å². The van der Waals surface area contributed by atoms with E-state index in [4.69, 9.17) is 4.42 Å². The molecule has 3 nitrogen and oxygen atoms in total. The predicted molar refractivity (Wildman–Crippen MR) is 78.8 cm³/mol. The number of rotatable bonds is 4. The van der Waals surface area contributed by atoms with E-state index in [-0.39, 0.29) is 11.9 Å². The third-order valence-electron chi connectivity index (χ3n) is 3.02. The molecule has 1 amide bonds. The zero-order valence-corrected chi connectivity index (χ0v) is 11.5. The van der Waals surface area contributed by atoms with E-state index in [1.807, 2.05) is 47.8 Å². The van der Waals surface area contributed by atoms with Crippen LogP contribution in [0.25, 0.3) is 0 Å². The second-order valence-electron chi connectivity index (χ2n) is 4.34. The van der Waals surface area contributed by atoms with Crippen LogP contribution in [0.4, 0.5) is 0 Å². The fourth-order valence-electron chi connectivity index (χ4n) is 2.03. The molecule has 20 heavy (non-hydrogen) atoms. The highest BCUT2D eigenvalue weighted by Crippen LogP contribution is 2.26. The number of benzene rings is 1. The second-order valence-corrected chi connectivity index (χ2v) is 5.32. The van der Waals surface area contributed by atoms with Gasteiger partial charge in [-0.2, -0.15) is 0 Å². The fourth-order valence-corrected chi connectivity index (χ4v) is 2.83. The average Bonchev–Trinajstić information content (AvgIpc) is 3.18. The van der Waals surface area contributed by atoms with Crippen molar-refractivity contribution >= 4 is 17.2 Å². The van der Waals surface area contributed by atoms with Crippen molar-refractivity contribution in [2.45, 2.75) is 6.04 Å². The molecule has 0 fully saturated rings. The summed E-state index contributed by atoms with van der Waals surface area (Å²) in [4.78, 5) is 13.3. The Kier molecular flexibility index (Phi) is 3.65. The van der Waals surface area contributed by atoms with Gasteiger partial charge in [0.15, 0.2) is 0 Å². The van der Waals surface area contributed by atoms with Gasteiger partial charge in [0.05, 0.1) is 17.9 Å². The minimum Gasteiger partial charge on any atom is -0.472 e. The fraction of sp³-hybridized carbons (Fsp3) is 0.0625. The first-order valence-corrected chi connectivity index (χ1v) is 7.14. The van der Waals surface area contributed by atoms with Gasteiger partial charge in [-0.3, -0.25) is 4.79 Å². The molecule has 3 rings (SSSR count). The third-order valence-corrected chi connectivity index (χ3v) is 3.96. The molecule has 0 saturated carbocycles. The van der Waals surface area contributed by atoms with Crippen molar-refractivity contribution < 1.29 is 9.21 Å². The van der Waals surface area contributed by atoms with Crippen LogP contribution in [0.5, 0.6) is 0 Å². The molecule has 4 heteroatoms. The number of hydrogen-bond acceptors (Lipinski definition) is 3. The Labute approximate surface area is 120 Å². The summed E-state index contributed by atoms with van der Waals surface area (Å²) in [6.45, 7) is 0. The van der Waals surface area contributed by atoms with Crippen LogP contribution in [0, 0.1) is 0 Å². The van der Waals surface area contributed by atoms with Crippen molar-refractivity contribution in [1.29, 1.82) is 0 Å². The van der Waals surface area contributed by atoms with Gasteiger partial charge in [-0.25, -0.2) is 0 Å². The van der Waals surface area contributed by atoms with Gasteiger partial charge in [0.25, 0.3) is 5.91 Å². The quantitative estimate of drug-likeness (QED) is 0.790. The van der Waals surface area contributed by atoms with E-state index in [9.17, 15) is 4.79 Å². The van der Waals surface area contributed by atoms with Crippen LogP contribution >= 0.6 is 11.3 Å². The second kappa shape index (κ2) is 5.75. The number of hydrogen-bond donors (Lipinski definition) is 1. The molecule has 0 saturated heterocycles. The smallest absolute Gasteiger partial charge is 0.255 e. The highest BCUT2D eigenvalue weighted by Gasteiger charge is 2.18. The average molecular weight is 283 g/mol. The molecular weight excluding hydrogens is 270 g/mol. The Morgan fingerprint density at radius 3 is 2.60 bits per heavy atom. The Bertz CT molecular complexity index is 660. The van der Waals surface area contributed by atoms with Crippen LogP contribution in [0.2, 0.25) is 0 Å². The summed E-state index contributed by atoms with van der Waals surface area (Å²) >= 11 is 1.63. The van der Waals surface area contributed by atoms with E-state index in [1.165, 1.54) is 12.5 Å². The molecule has 0 spiro atoms. The number of carbonyl (C=O) groups is 1. The predicted octanol–water partition coefficient (Wildman–Crippen LogP) is 3.86. The zero-order chi connectivity index (χ0) is 13.8. The molecule has 0 aliphatic carbocycles. The standard InChI is InChI=1S/C16H13NO2S/c18-16(13-8-9-19-11-13)17-15(14-7-4-10-20-14)12-5-2-1-3-6-12/h1-11,15H,(H,17,18)/t15-/m0/s1. The number of amides is 1. The Hall–Kier alpha value is -2.33. The van der Waals surface area contributed by atoms with Crippen LogP contribution in [0.1, 0.15) is 26.8 Å². The molecule has 0 bridgehead atoms. The first kappa shape index (κ1) is 12.7. The van der Waals surface area contributed by atoms with Crippen molar-refractivity contribution in [1.82, 2.24) is 5.32 Å². The van der Waals surface area contributed by atoms with Crippen molar-refractivity contribution in [3.8, 4) is 0 Å². The van der Waals surface area contributed by atoms with Gasteiger partial charge >= 0.3 is 0 Å². The van der Waals surface area contributed by atoms with Gasteiger partial charge in [-0.15, -0.1) is 11.3 Å². The van der Waals surface area contributed by atoms with E-state index in [1.54, 1.807) is 17.4 Å². The van der Waals surface area contributed by atoms with Gasteiger partial charge in [-0.1, -0.05) is 36.4 Å². The maximum Gasteiger partial charge on any atom is 0.255 e. The summed E-state index contributed by atoms with van der Waals surface area (Å²) in [5.74, 6) is -0.138. The number of nitrogens with one attached hydrogen (secondary N) is 1. The SMILES string of the molecule is O=C(N[C@@H](c1ccccc1)c1cccs1)c1ccoc1. The largest absolute Gasteiger partial charge is 0.472 e. The zero-order valence-electron chi connectivity index (χ0n) is 10.7. The van der Waals surface area contributed by atoms with Gasteiger partial charge in [-0.05, 0) is 23.1 Å². The van der Waals surface area contributed by atoms with E-state index in [0.717, 1.165) is 10.4 Å². The Morgan fingerprint density at radius 2 is 1.95 bits per heavy atom. The summed E-state index contributed by atoms with van der Waals surface area (Å²) in [6, 6.07) is 15.5. The maximum absolute atomic E-state index is 12.2. The van der Waals surface area contributed by atoms with Crippen molar-refractivity contribution in [3.05, 3.63) is 82.4 Å². The minimum atomic E-state index is -0.140. The highest BCUT2D eigenvalue weighted by molar-refractivity contribution is 7.10. The molecule has 0 radical (unpaired) electrons. The molecule has 0 aliphatic rings. The van der Waals surface area contributed by atoms with Gasteiger partial charge in [0.1, 0.15) is 6.26 Å². The molecule has 0 unspecified atom stereocenters. The molecule has 3 aromatic rings. The lowest BCUT2D eigenvalue weighted by molar-refractivity contribution is 0.0943. The number of carbonyl (C=O) groups excluding carboxylic acids is 1. The minimum absolute atomic E-state index is 0.138. The van der Waals surface area contributed by atoms with Crippen molar-refractivity contribution in [3.63, 3.8) is 0 Å². The molecule has 1 N–H and O–H groups in total. The summed E-state index contributed by atoms with van der Waals surface area (Å²) in [5.41, 5.74) is 1.59.